The first-order valence-corrected chi connectivity index (χ1v) is 8.57. The number of aromatic amines is 1. The van der Waals surface area contributed by atoms with Crippen molar-refractivity contribution in [1.82, 2.24) is 15.2 Å². The van der Waals surface area contributed by atoms with Crippen molar-refractivity contribution in [1.29, 1.82) is 0 Å². The van der Waals surface area contributed by atoms with Crippen molar-refractivity contribution in [3.8, 4) is 11.6 Å². The van der Waals surface area contributed by atoms with Gasteiger partial charge in [-0.3, -0.25) is 4.72 Å². The molecule has 7 nitrogen and oxygen atoms in total. The van der Waals surface area contributed by atoms with Crippen LogP contribution in [-0.2, 0) is 16.4 Å². The summed E-state index contributed by atoms with van der Waals surface area (Å²) in [5.41, 5.74) is 1.85. The Balaban J connectivity index is 1.88. The van der Waals surface area contributed by atoms with Gasteiger partial charge in [-0.2, -0.15) is 0 Å². The summed E-state index contributed by atoms with van der Waals surface area (Å²) in [6.07, 6.45) is 2.01. The second kappa shape index (κ2) is 5.88. The average Bonchev–Trinajstić information content (AvgIpc) is 3.18. The average molecular weight is 332 g/mol. The third kappa shape index (κ3) is 3.11. The molecule has 0 bridgehead atoms. The summed E-state index contributed by atoms with van der Waals surface area (Å²) in [5.74, 6) is 0.760. The number of anilines is 1. The van der Waals surface area contributed by atoms with Gasteiger partial charge in [0, 0.05) is 12.6 Å². The van der Waals surface area contributed by atoms with E-state index in [9.17, 15) is 8.42 Å². The van der Waals surface area contributed by atoms with Crippen molar-refractivity contribution in [2.75, 3.05) is 4.72 Å². The number of hydrogen-bond acceptors (Lipinski definition) is 5. The molecule has 0 atom stereocenters. The molecule has 0 radical (unpaired) electrons. The lowest BCUT2D eigenvalue weighted by Gasteiger charge is -2.08. The maximum Gasteiger partial charge on any atom is 0.264 e. The Labute approximate surface area is 133 Å². The van der Waals surface area contributed by atoms with Crippen LogP contribution in [0.1, 0.15) is 18.4 Å². The smallest absolute Gasteiger partial charge is 0.264 e. The fourth-order valence-electron chi connectivity index (χ4n) is 2.05. The van der Waals surface area contributed by atoms with E-state index < -0.39 is 10.0 Å². The van der Waals surface area contributed by atoms with Crippen LogP contribution >= 0.6 is 0 Å². The van der Waals surface area contributed by atoms with Gasteiger partial charge in [0.1, 0.15) is 10.6 Å². The summed E-state index contributed by atoms with van der Waals surface area (Å²) in [5, 5.41) is 7.75. The zero-order valence-corrected chi connectivity index (χ0v) is 13.5. The van der Waals surface area contributed by atoms with E-state index in [1.165, 1.54) is 12.3 Å². The van der Waals surface area contributed by atoms with Crippen molar-refractivity contribution in [3.63, 3.8) is 0 Å². The fraction of sp³-hybridized carbons (Fsp3) is 0.200. The number of para-hydroxylation sites is 1. The van der Waals surface area contributed by atoms with Gasteiger partial charge in [0.15, 0.2) is 0 Å². The highest BCUT2D eigenvalue weighted by Gasteiger charge is 2.19. The standard InChI is InChI=1S/C15H16N4O3S/c1-3-14-17-18-15(22-14)13-8-11(9-16-13)23(20,21)19-12-7-5-4-6-10(12)2/h4-9,16,19H,3H2,1-2H3. The van der Waals surface area contributed by atoms with E-state index in [1.807, 2.05) is 26.0 Å². The molecule has 3 aromatic rings. The molecule has 23 heavy (non-hydrogen) atoms. The molecule has 0 amide bonds. The van der Waals surface area contributed by atoms with Crippen LogP contribution in [0.5, 0.6) is 0 Å². The van der Waals surface area contributed by atoms with E-state index >= 15 is 0 Å². The number of sulfonamides is 1. The van der Waals surface area contributed by atoms with Gasteiger partial charge in [0.2, 0.25) is 5.89 Å². The third-order valence-corrected chi connectivity index (χ3v) is 4.70. The Kier molecular flexibility index (Phi) is 3.91. The minimum Gasteiger partial charge on any atom is -0.419 e. The van der Waals surface area contributed by atoms with E-state index in [1.54, 1.807) is 12.1 Å². The van der Waals surface area contributed by atoms with Crippen molar-refractivity contribution in [2.24, 2.45) is 0 Å². The molecule has 0 aliphatic rings. The molecule has 2 heterocycles. The maximum absolute atomic E-state index is 12.5. The van der Waals surface area contributed by atoms with Crippen molar-refractivity contribution in [3.05, 3.63) is 48.0 Å². The predicted octanol–water partition coefficient (Wildman–Crippen LogP) is 2.74. The number of H-pyrrole nitrogens is 1. The van der Waals surface area contributed by atoms with Crippen LogP contribution in [0.4, 0.5) is 5.69 Å². The second-order valence-electron chi connectivity index (χ2n) is 5.02. The molecule has 0 saturated heterocycles. The SMILES string of the molecule is CCc1nnc(-c2cc(S(=O)(=O)Nc3ccccc3C)c[nH]2)o1. The lowest BCUT2D eigenvalue weighted by Crippen LogP contribution is -2.12. The molecular formula is C15H16N4O3S. The first-order chi connectivity index (χ1) is 11.0. The van der Waals surface area contributed by atoms with E-state index in [0.29, 0.717) is 23.7 Å². The molecule has 0 saturated carbocycles. The minimum atomic E-state index is -3.69. The van der Waals surface area contributed by atoms with E-state index in [0.717, 1.165) is 5.56 Å². The number of benzene rings is 1. The third-order valence-electron chi connectivity index (χ3n) is 3.36. The summed E-state index contributed by atoms with van der Waals surface area (Å²) >= 11 is 0. The van der Waals surface area contributed by atoms with Crippen LogP contribution in [0, 0.1) is 6.92 Å². The molecule has 0 aliphatic heterocycles. The lowest BCUT2D eigenvalue weighted by atomic mass is 10.2. The summed E-state index contributed by atoms with van der Waals surface area (Å²) in [7, 11) is -3.69. The molecule has 1 aromatic carbocycles. The number of hydrogen-bond donors (Lipinski definition) is 2. The molecule has 120 valence electrons. The van der Waals surface area contributed by atoms with Crippen molar-refractivity contribution >= 4 is 15.7 Å². The molecule has 0 unspecified atom stereocenters. The molecule has 8 heteroatoms. The van der Waals surface area contributed by atoms with Crippen molar-refractivity contribution < 1.29 is 12.8 Å². The van der Waals surface area contributed by atoms with E-state index in [-0.39, 0.29) is 10.8 Å². The summed E-state index contributed by atoms with van der Waals surface area (Å²) < 4.78 is 32.9. The van der Waals surface area contributed by atoms with Crippen LogP contribution in [0.3, 0.4) is 0 Å². The molecule has 2 aromatic heterocycles. The largest absolute Gasteiger partial charge is 0.419 e. The number of nitrogens with zero attached hydrogens (tertiary/aromatic N) is 2. The van der Waals surface area contributed by atoms with Gasteiger partial charge in [0.25, 0.3) is 15.9 Å². The van der Waals surface area contributed by atoms with E-state index in [4.69, 9.17) is 4.42 Å². The molecule has 0 spiro atoms. The van der Waals surface area contributed by atoms with Crippen molar-refractivity contribution in [2.45, 2.75) is 25.2 Å². The summed E-state index contributed by atoms with van der Waals surface area (Å²) in [4.78, 5) is 2.95. The Bertz CT molecular complexity index is 928. The number of aromatic nitrogens is 3. The van der Waals surface area contributed by atoms with Crippen LogP contribution in [-0.4, -0.2) is 23.6 Å². The van der Waals surface area contributed by atoms with Gasteiger partial charge in [-0.05, 0) is 24.6 Å². The summed E-state index contributed by atoms with van der Waals surface area (Å²) in [6.45, 7) is 3.74. The van der Waals surface area contributed by atoms with Gasteiger partial charge in [-0.25, -0.2) is 8.42 Å². The normalized spacial score (nSPS) is 11.6. The maximum atomic E-state index is 12.5. The van der Waals surface area contributed by atoms with Gasteiger partial charge in [-0.1, -0.05) is 25.1 Å². The number of nitrogens with one attached hydrogen (secondary N) is 2. The van der Waals surface area contributed by atoms with Gasteiger partial charge in [-0.15, -0.1) is 10.2 Å². The molecular weight excluding hydrogens is 316 g/mol. The monoisotopic (exact) mass is 332 g/mol. The first-order valence-electron chi connectivity index (χ1n) is 7.09. The fourth-order valence-corrected chi connectivity index (χ4v) is 3.17. The van der Waals surface area contributed by atoms with Gasteiger partial charge < -0.3 is 9.40 Å². The number of aryl methyl sites for hydroxylation is 2. The topological polar surface area (TPSA) is 101 Å². The Morgan fingerprint density at radius 1 is 1.26 bits per heavy atom. The van der Waals surface area contributed by atoms with Crippen LogP contribution in [0.15, 0.2) is 45.8 Å². The highest BCUT2D eigenvalue weighted by atomic mass is 32.2. The molecule has 3 rings (SSSR count). The van der Waals surface area contributed by atoms with Crippen LogP contribution in [0.25, 0.3) is 11.6 Å². The van der Waals surface area contributed by atoms with E-state index in [2.05, 4.69) is 19.9 Å². The molecule has 0 aliphatic carbocycles. The van der Waals surface area contributed by atoms with Crippen LogP contribution in [0.2, 0.25) is 0 Å². The zero-order chi connectivity index (χ0) is 16.4. The highest BCUT2D eigenvalue weighted by molar-refractivity contribution is 7.92. The highest BCUT2D eigenvalue weighted by Crippen LogP contribution is 2.23. The predicted molar refractivity (Wildman–Crippen MR) is 85.5 cm³/mol. The molecule has 2 N–H and O–H groups in total. The number of rotatable bonds is 5. The summed E-state index contributed by atoms with van der Waals surface area (Å²) in [6, 6.07) is 8.64. The molecule has 0 fully saturated rings. The quantitative estimate of drug-likeness (QED) is 0.748. The second-order valence-corrected chi connectivity index (χ2v) is 6.71. The van der Waals surface area contributed by atoms with Gasteiger partial charge >= 0.3 is 0 Å². The minimum absolute atomic E-state index is 0.104. The Morgan fingerprint density at radius 3 is 2.74 bits per heavy atom. The lowest BCUT2D eigenvalue weighted by molar-refractivity contribution is 0.511. The Morgan fingerprint density at radius 2 is 2.04 bits per heavy atom. The first kappa shape index (κ1) is 15.3. The van der Waals surface area contributed by atoms with Crippen LogP contribution < -0.4 is 4.72 Å². The zero-order valence-electron chi connectivity index (χ0n) is 12.7. The van der Waals surface area contributed by atoms with Gasteiger partial charge in [0.05, 0.1) is 5.69 Å². The Hall–Kier alpha value is -2.61.